The molecule has 1 heterocycles. The van der Waals surface area contributed by atoms with Crippen molar-refractivity contribution in [3.8, 4) is 0 Å². The van der Waals surface area contributed by atoms with Crippen LogP contribution in [0.1, 0.15) is 117 Å². The highest BCUT2D eigenvalue weighted by atomic mass is 16.7. The molecule has 7 unspecified atom stereocenters. The van der Waals surface area contributed by atoms with Crippen molar-refractivity contribution in [3.63, 3.8) is 0 Å². The van der Waals surface area contributed by atoms with Gasteiger partial charge < -0.3 is 40.3 Å². The third kappa shape index (κ3) is 27.8. The van der Waals surface area contributed by atoms with Crippen LogP contribution in [0.3, 0.4) is 0 Å². The third-order valence-corrected chi connectivity index (χ3v) is 8.98. The molecular formula is C48H75NO8. The Morgan fingerprint density at radius 2 is 1.07 bits per heavy atom. The van der Waals surface area contributed by atoms with E-state index < -0.39 is 49.5 Å². The van der Waals surface area contributed by atoms with E-state index in [1.54, 1.807) is 6.08 Å². The number of carbonyl (C=O) groups excluding carboxylic acids is 1. The summed E-state index contributed by atoms with van der Waals surface area (Å²) in [6.07, 6.45) is 48.2. The monoisotopic (exact) mass is 794 g/mol. The summed E-state index contributed by atoms with van der Waals surface area (Å²) in [6.45, 7) is 3.48. The van der Waals surface area contributed by atoms with E-state index in [2.05, 4.69) is 129 Å². The average Bonchev–Trinajstić information content (AvgIpc) is 3.21. The number of allylic oxidation sites excluding steroid dienone is 19. The Morgan fingerprint density at radius 1 is 0.614 bits per heavy atom. The van der Waals surface area contributed by atoms with Crippen molar-refractivity contribution < 1.29 is 39.8 Å². The summed E-state index contributed by atoms with van der Waals surface area (Å²) in [4.78, 5) is 12.9. The van der Waals surface area contributed by atoms with Crippen molar-refractivity contribution in [1.82, 2.24) is 5.32 Å². The maximum atomic E-state index is 12.9. The molecule has 1 aliphatic rings. The molecule has 7 atom stereocenters. The Bertz CT molecular complexity index is 1290. The van der Waals surface area contributed by atoms with Gasteiger partial charge in [0, 0.05) is 6.42 Å². The van der Waals surface area contributed by atoms with E-state index in [1.165, 1.54) is 0 Å². The number of amides is 1. The lowest BCUT2D eigenvalue weighted by Gasteiger charge is -2.40. The van der Waals surface area contributed by atoms with Gasteiger partial charge in [-0.15, -0.1) is 0 Å². The Hall–Kier alpha value is -3.41. The van der Waals surface area contributed by atoms with E-state index in [0.717, 1.165) is 83.5 Å². The summed E-state index contributed by atoms with van der Waals surface area (Å²) in [5, 5.41) is 53.9. The van der Waals surface area contributed by atoms with Crippen LogP contribution in [0, 0.1) is 0 Å². The number of ether oxygens (including phenoxy) is 2. The molecule has 1 fully saturated rings. The Kier molecular flexibility index (Phi) is 33.4. The zero-order chi connectivity index (χ0) is 41.6. The van der Waals surface area contributed by atoms with Crippen LogP contribution in [0.15, 0.2) is 122 Å². The second-order valence-electron chi connectivity index (χ2n) is 14.0. The van der Waals surface area contributed by atoms with E-state index in [4.69, 9.17) is 9.47 Å². The summed E-state index contributed by atoms with van der Waals surface area (Å²) in [5.74, 6) is -0.258. The van der Waals surface area contributed by atoms with Gasteiger partial charge in [0.1, 0.15) is 24.4 Å². The van der Waals surface area contributed by atoms with E-state index in [0.29, 0.717) is 12.8 Å². The van der Waals surface area contributed by atoms with Crippen molar-refractivity contribution >= 4 is 5.91 Å². The SMILES string of the molecule is CC/C=C\C/C=C\C/C=C\C/C=C\C/C=C\C/C=C\C/C=C\CCCC(=O)NC(COC1OC(CO)C(O)C(O)C1O)C(O)/C=C/CC/C=C/CC/C=C/CCC. The number of carbonyl (C=O) groups is 1. The van der Waals surface area contributed by atoms with Crippen LogP contribution in [0.2, 0.25) is 0 Å². The highest BCUT2D eigenvalue weighted by molar-refractivity contribution is 5.76. The van der Waals surface area contributed by atoms with Crippen molar-refractivity contribution in [2.24, 2.45) is 0 Å². The molecule has 0 spiro atoms. The first kappa shape index (κ1) is 51.6. The predicted molar refractivity (Wildman–Crippen MR) is 234 cm³/mol. The van der Waals surface area contributed by atoms with Gasteiger partial charge in [-0.1, -0.05) is 142 Å². The first-order chi connectivity index (χ1) is 27.8. The molecule has 6 N–H and O–H groups in total. The van der Waals surface area contributed by atoms with Crippen molar-refractivity contribution in [2.45, 2.75) is 159 Å². The summed E-state index contributed by atoms with van der Waals surface area (Å²) >= 11 is 0. The molecule has 0 aliphatic carbocycles. The Balaban J connectivity index is 2.44. The Morgan fingerprint density at radius 3 is 1.56 bits per heavy atom. The van der Waals surface area contributed by atoms with Gasteiger partial charge in [0.25, 0.3) is 0 Å². The number of nitrogens with one attached hydrogen (secondary N) is 1. The molecule has 0 radical (unpaired) electrons. The summed E-state index contributed by atoms with van der Waals surface area (Å²) in [7, 11) is 0. The van der Waals surface area contributed by atoms with Crippen LogP contribution < -0.4 is 5.32 Å². The first-order valence-corrected chi connectivity index (χ1v) is 21.3. The summed E-state index contributed by atoms with van der Waals surface area (Å²) < 4.78 is 11.1. The minimum absolute atomic E-state index is 0.239. The molecule has 1 saturated heterocycles. The lowest BCUT2D eigenvalue weighted by molar-refractivity contribution is -0.302. The fraction of sp³-hybridized carbons (Fsp3) is 0.562. The van der Waals surface area contributed by atoms with Gasteiger partial charge in [0.2, 0.25) is 5.91 Å². The van der Waals surface area contributed by atoms with Gasteiger partial charge >= 0.3 is 0 Å². The molecular weight excluding hydrogens is 719 g/mol. The van der Waals surface area contributed by atoms with Crippen LogP contribution in [0.4, 0.5) is 0 Å². The minimum Gasteiger partial charge on any atom is -0.394 e. The number of hydrogen-bond acceptors (Lipinski definition) is 8. The number of aliphatic hydroxyl groups is 5. The summed E-state index contributed by atoms with van der Waals surface area (Å²) in [5.41, 5.74) is 0. The fourth-order valence-corrected chi connectivity index (χ4v) is 5.59. The highest BCUT2D eigenvalue weighted by Crippen LogP contribution is 2.22. The number of aliphatic hydroxyl groups excluding tert-OH is 5. The van der Waals surface area contributed by atoms with Crippen molar-refractivity contribution in [3.05, 3.63) is 122 Å². The fourth-order valence-electron chi connectivity index (χ4n) is 5.59. The lowest BCUT2D eigenvalue weighted by Crippen LogP contribution is -2.60. The average molecular weight is 794 g/mol. The molecule has 1 aliphatic heterocycles. The van der Waals surface area contributed by atoms with E-state index >= 15 is 0 Å². The minimum atomic E-state index is -1.59. The number of unbranched alkanes of at least 4 members (excludes halogenated alkanes) is 4. The van der Waals surface area contributed by atoms with E-state index in [1.807, 2.05) is 6.08 Å². The zero-order valence-electron chi connectivity index (χ0n) is 34.8. The number of rotatable bonds is 32. The second-order valence-corrected chi connectivity index (χ2v) is 14.0. The van der Waals surface area contributed by atoms with Gasteiger partial charge in [0.05, 0.1) is 25.4 Å². The maximum absolute atomic E-state index is 12.9. The van der Waals surface area contributed by atoms with Gasteiger partial charge in [-0.05, 0) is 89.9 Å². The maximum Gasteiger partial charge on any atom is 0.220 e. The largest absolute Gasteiger partial charge is 0.394 e. The normalized spacial score (nSPS) is 22.3. The molecule has 9 heteroatoms. The van der Waals surface area contributed by atoms with Crippen LogP contribution in [-0.4, -0.2) is 87.5 Å². The molecule has 57 heavy (non-hydrogen) atoms. The molecule has 320 valence electrons. The molecule has 0 aromatic rings. The molecule has 1 amide bonds. The zero-order valence-corrected chi connectivity index (χ0v) is 34.8. The van der Waals surface area contributed by atoms with E-state index in [9.17, 15) is 30.3 Å². The quantitative estimate of drug-likeness (QED) is 0.0294. The van der Waals surface area contributed by atoms with Gasteiger partial charge in [0.15, 0.2) is 6.29 Å². The smallest absolute Gasteiger partial charge is 0.220 e. The standard InChI is InChI=1S/C48H75NO8/c1-3-5-7-9-11-13-15-16-17-18-19-20-21-22-23-24-25-26-28-30-32-34-36-38-44(52)49-41(40-56-48-47(55)46(54)45(53)43(39-50)57-48)42(51)37-35-33-31-29-27-14-12-10-8-6-4-2/h5,7-8,10-11,13,16-17,19-20,22-23,25-27,29-30,32,35,37,41-43,45-48,50-51,53-55H,3-4,6,9,12,14-15,18,21,24,28,31,33-34,36,38-40H2,1-2H3,(H,49,52)/b7-5-,10-8+,13-11-,17-16-,20-19-,23-22-,26-25-,29-27+,32-30-,37-35+. The molecule has 0 aromatic heterocycles. The summed E-state index contributed by atoms with van der Waals surface area (Å²) in [6, 6.07) is -0.866. The van der Waals surface area contributed by atoms with Gasteiger partial charge in [-0.25, -0.2) is 0 Å². The molecule has 9 nitrogen and oxygen atoms in total. The molecule has 0 saturated carbocycles. The molecule has 0 bridgehead atoms. The van der Waals surface area contributed by atoms with Crippen LogP contribution in [0.5, 0.6) is 0 Å². The highest BCUT2D eigenvalue weighted by Gasteiger charge is 2.44. The molecule has 1 rings (SSSR count). The van der Waals surface area contributed by atoms with Crippen LogP contribution >= 0.6 is 0 Å². The van der Waals surface area contributed by atoms with Crippen LogP contribution in [0.25, 0.3) is 0 Å². The lowest BCUT2D eigenvalue weighted by atomic mass is 9.99. The van der Waals surface area contributed by atoms with E-state index in [-0.39, 0.29) is 18.9 Å². The third-order valence-electron chi connectivity index (χ3n) is 8.98. The predicted octanol–water partition coefficient (Wildman–Crippen LogP) is 8.49. The van der Waals surface area contributed by atoms with Crippen LogP contribution in [-0.2, 0) is 14.3 Å². The first-order valence-electron chi connectivity index (χ1n) is 21.3. The van der Waals surface area contributed by atoms with Crippen molar-refractivity contribution in [2.75, 3.05) is 13.2 Å². The van der Waals surface area contributed by atoms with Crippen molar-refractivity contribution in [1.29, 1.82) is 0 Å². The van der Waals surface area contributed by atoms with Gasteiger partial charge in [-0.2, -0.15) is 0 Å². The Labute approximate surface area is 344 Å². The van der Waals surface area contributed by atoms with Gasteiger partial charge in [-0.3, -0.25) is 4.79 Å². The molecule has 0 aromatic carbocycles. The second kappa shape index (κ2) is 36.9. The topological polar surface area (TPSA) is 149 Å². The number of hydrogen-bond donors (Lipinski definition) is 6.